The zero-order chi connectivity index (χ0) is 19.1. The average Bonchev–Trinajstić information content (AvgIpc) is 3.02. The van der Waals surface area contributed by atoms with Gasteiger partial charge < -0.3 is 9.47 Å². The molecule has 2 heterocycles. The summed E-state index contributed by atoms with van der Waals surface area (Å²) in [4.78, 5) is 17.2. The first-order valence-corrected chi connectivity index (χ1v) is 9.83. The number of ether oxygens (including phenoxy) is 2. The Morgan fingerprint density at radius 1 is 1.23 bits per heavy atom. The number of rotatable bonds is 3. The van der Waals surface area contributed by atoms with Crippen LogP contribution in [0.1, 0.15) is 5.56 Å². The highest BCUT2D eigenvalue weighted by molar-refractivity contribution is 8.16. The second-order valence-electron chi connectivity index (χ2n) is 5.29. The summed E-state index contributed by atoms with van der Waals surface area (Å²) in [5.74, 6) is 0.0239. The zero-order valence-corrected chi connectivity index (χ0v) is 15.6. The van der Waals surface area contributed by atoms with E-state index in [-0.39, 0.29) is 21.7 Å². The van der Waals surface area contributed by atoms with Gasteiger partial charge in [0.25, 0.3) is 5.91 Å². The minimum atomic E-state index is -3.68. The number of amides is 1. The Balaban J connectivity index is 2.04. The van der Waals surface area contributed by atoms with Crippen LogP contribution in [0.15, 0.2) is 33.2 Å². The smallest absolute Gasteiger partial charge is 0.283 e. The lowest BCUT2D eigenvalue weighted by Gasteiger charge is -2.23. The lowest BCUT2D eigenvalue weighted by molar-refractivity contribution is -0.114. The van der Waals surface area contributed by atoms with Crippen LogP contribution in [0.4, 0.5) is 0 Å². The quantitative estimate of drug-likeness (QED) is 0.606. The van der Waals surface area contributed by atoms with Crippen molar-refractivity contribution in [3.05, 3.63) is 29.3 Å². The van der Waals surface area contributed by atoms with Crippen molar-refractivity contribution in [2.45, 2.75) is 0 Å². The van der Waals surface area contributed by atoms with E-state index in [0.29, 0.717) is 17.1 Å². The van der Waals surface area contributed by atoms with Crippen LogP contribution >= 0.6 is 11.9 Å². The maximum atomic E-state index is 12.3. The van der Waals surface area contributed by atoms with Gasteiger partial charge in [-0.05, 0) is 23.8 Å². The summed E-state index contributed by atoms with van der Waals surface area (Å²) >= 11 is 0.747. The van der Waals surface area contributed by atoms with Gasteiger partial charge >= 0.3 is 0 Å². The highest BCUT2D eigenvalue weighted by Crippen LogP contribution is 2.31. The number of sulfone groups is 1. The molecule has 3 rings (SSSR count). The molecule has 136 valence electrons. The van der Waals surface area contributed by atoms with E-state index in [2.05, 4.69) is 9.39 Å². The number of methoxy groups -OCH3 is 2. The molecule has 2 aliphatic heterocycles. The lowest BCUT2D eigenvalue weighted by Crippen LogP contribution is -2.45. The molecule has 26 heavy (non-hydrogen) atoms. The molecule has 1 amide bonds. The molecule has 0 spiro atoms. The third-order valence-corrected chi connectivity index (χ3v) is 5.30. The maximum absolute atomic E-state index is 12.3. The highest BCUT2D eigenvalue weighted by atomic mass is 32.2. The number of benzene rings is 1. The number of hydrogen-bond donors (Lipinski definition) is 1. The molecule has 0 radical (unpaired) electrons. The molecule has 0 fully saturated rings. The van der Waals surface area contributed by atoms with E-state index in [1.807, 2.05) is 0 Å². The fraction of sp³-hybridized carbons (Fsp3) is 0.200. The molecule has 11 heteroatoms. The summed E-state index contributed by atoms with van der Waals surface area (Å²) in [6, 6.07) is 4.97. The first-order chi connectivity index (χ1) is 12.3. The summed E-state index contributed by atoms with van der Waals surface area (Å²) in [6.07, 6.45) is 2.42. The predicted molar refractivity (Wildman–Crippen MR) is 99.4 cm³/mol. The van der Waals surface area contributed by atoms with Crippen molar-refractivity contribution in [2.75, 3.05) is 20.5 Å². The Hall–Kier alpha value is -2.66. The number of amidine groups is 3. The van der Waals surface area contributed by atoms with Gasteiger partial charge in [0.2, 0.25) is 20.2 Å². The number of carbonyl (C=O) groups is 1. The molecule has 2 aliphatic rings. The summed E-state index contributed by atoms with van der Waals surface area (Å²) in [5, 5.41) is 8.01. The molecule has 0 saturated carbocycles. The molecule has 0 bridgehead atoms. The van der Waals surface area contributed by atoms with Crippen LogP contribution in [-0.2, 0) is 14.6 Å². The second kappa shape index (κ2) is 6.57. The van der Waals surface area contributed by atoms with Gasteiger partial charge in [-0.2, -0.15) is 9.39 Å². The zero-order valence-electron chi connectivity index (χ0n) is 14.0. The Labute approximate surface area is 154 Å². The molecule has 0 aromatic heterocycles. The third kappa shape index (κ3) is 3.10. The molecule has 1 N–H and O–H groups in total. The number of nitrogens with one attached hydrogen (secondary N) is 1. The molecule has 1 aromatic rings. The van der Waals surface area contributed by atoms with Crippen LogP contribution in [0, 0.1) is 5.41 Å². The van der Waals surface area contributed by atoms with Crippen LogP contribution in [0.3, 0.4) is 0 Å². The summed E-state index contributed by atoms with van der Waals surface area (Å²) in [7, 11) is -0.696. The summed E-state index contributed by atoms with van der Waals surface area (Å²) in [6.45, 7) is 0. The van der Waals surface area contributed by atoms with Crippen LogP contribution in [0.5, 0.6) is 11.5 Å². The fourth-order valence-electron chi connectivity index (χ4n) is 2.35. The largest absolute Gasteiger partial charge is 0.493 e. The van der Waals surface area contributed by atoms with E-state index in [1.165, 1.54) is 20.3 Å². The monoisotopic (exact) mass is 394 g/mol. The summed E-state index contributed by atoms with van der Waals surface area (Å²) in [5.41, 5.74) is 0.513. The predicted octanol–water partition coefficient (Wildman–Crippen LogP) is 1.33. The van der Waals surface area contributed by atoms with Gasteiger partial charge in [0.15, 0.2) is 11.5 Å². The normalized spacial score (nSPS) is 18.6. The molecule has 1 aromatic carbocycles. The maximum Gasteiger partial charge on any atom is 0.283 e. The third-order valence-electron chi connectivity index (χ3n) is 3.54. The first kappa shape index (κ1) is 18.1. The first-order valence-electron chi connectivity index (χ1n) is 7.17. The molecule has 9 nitrogen and oxygen atoms in total. The van der Waals surface area contributed by atoms with Crippen LogP contribution in [0.25, 0.3) is 6.08 Å². The number of fused-ring (bicyclic) bond motifs is 1. The topological polar surface area (TPSA) is 121 Å². The number of nitrogens with zero attached hydrogens (tertiary/aromatic N) is 3. The van der Waals surface area contributed by atoms with Gasteiger partial charge in [0, 0.05) is 6.26 Å². The van der Waals surface area contributed by atoms with Gasteiger partial charge in [-0.25, -0.2) is 13.3 Å². The van der Waals surface area contributed by atoms with Gasteiger partial charge in [-0.1, -0.05) is 6.07 Å². The van der Waals surface area contributed by atoms with E-state index in [9.17, 15) is 13.2 Å². The van der Waals surface area contributed by atoms with Crippen molar-refractivity contribution in [2.24, 2.45) is 9.39 Å². The summed E-state index contributed by atoms with van der Waals surface area (Å²) < 4.78 is 37.9. The SMILES string of the molecule is COc1ccc(C=C2C(=N)N3C(=NC2=O)SN=C3S(C)(=O)=O)cc1OC. The lowest BCUT2D eigenvalue weighted by atomic mass is 10.1. The van der Waals surface area contributed by atoms with Gasteiger partial charge in [-0.15, -0.1) is 0 Å². The average molecular weight is 394 g/mol. The van der Waals surface area contributed by atoms with E-state index >= 15 is 0 Å². The van der Waals surface area contributed by atoms with Gasteiger partial charge in [0.05, 0.1) is 31.7 Å². The van der Waals surface area contributed by atoms with Crippen molar-refractivity contribution >= 4 is 49.9 Å². The second-order valence-corrected chi connectivity index (χ2v) is 7.93. The van der Waals surface area contributed by atoms with Crippen molar-refractivity contribution < 1.29 is 22.7 Å². The minimum Gasteiger partial charge on any atom is -0.493 e. The van der Waals surface area contributed by atoms with Crippen molar-refractivity contribution in [3.8, 4) is 11.5 Å². The Morgan fingerprint density at radius 3 is 2.54 bits per heavy atom. The molecule has 0 aliphatic carbocycles. The highest BCUT2D eigenvalue weighted by Gasteiger charge is 2.41. The van der Waals surface area contributed by atoms with Crippen molar-refractivity contribution in [3.63, 3.8) is 0 Å². The van der Waals surface area contributed by atoms with Crippen molar-refractivity contribution in [1.82, 2.24) is 4.90 Å². The van der Waals surface area contributed by atoms with Crippen LogP contribution in [0.2, 0.25) is 0 Å². The number of hydrogen-bond acceptors (Lipinski definition) is 8. The standard InChI is InChI=1S/C15H14N4O5S2/c1-23-10-5-4-8(7-11(10)24-2)6-9-12(16)19-14(17-13(9)20)25-18-15(19)26(3,21)22/h4-7,16H,1-3H3. The van der Waals surface area contributed by atoms with E-state index in [0.717, 1.165) is 23.1 Å². The molecule has 0 unspecified atom stereocenters. The van der Waals surface area contributed by atoms with E-state index in [1.54, 1.807) is 18.2 Å². The molecule has 0 atom stereocenters. The molecular weight excluding hydrogens is 380 g/mol. The Morgan fingerprint density at radius 2 is 1.92 bits per heavy atom. The van der Waals surface area contributed by atoms with Crippen molar-refractivity contribution in [1.29, 1.82) is 5.41 Å². The van der Waals surface area contributed by atoms with E-state index in [4.69, 9.17) is 14.9 Å². The Kier molecular flexibility index (Phi) is 4.59. The van der Waals surface area contributed by atoms with E-state index < -0.39 is 15.7 Å². The van der Waals surface area contributed by atoms with Gasteiger partial charge in [-0.3, -0.25) is 10.2 Å². The fourth-order valence-corrected chi connectivity index (χ4v) is 4.19. The van der Waals surface area contributed by atoms with Gasteiger partial charge in [0.1, 0.15) is 5.84 Å². The Bertz CT molecular complexity index is 1010. The molecule has 0 saturated heterocycles. The number of carbonyl (C=O) groups excluding carboxylic acids is 1. The van der Waals surface area contributed by atoms with Crippen LogP contribution in [-0.4, -0.2) is 55.9 Å². The minimum absolute atomic E-state index is 0.0462. The van der Waals surface area contributed by atoms with Crippen LogP contribution < -0.4 is 9.47 Å². The number of aliphatic imine (C=N–C) groups is 1. The molecular formula is C15H14N4O5S2.